The van der Waals surface area contributed by atoms with E-state index in [1.807, 2.05) is 24.3 Å². The molecule has 178 valence electrons. The van der Waals surface area contributed by atoms with Crippen molar-refractivity contribution in [3.63, 3.8) is 0 Å². The highest BCUT2D eigenvalue weighted by Gasteiger charge is 2.40. The minimum Gasteiger partial charge on any atom is -0.481 e. The number of amides is 2. The maximum atomic E-state index is 13.4. The van der Waals surface area contributed by atoms with Crippen LogP contribution in [0.1, 0.15) is 55.6 Å². The topological polar surface area (TPSA) is 95.9 Å². The average molecular weight is 463 g/mol. The minimum atomic E-state index is -0.908. The molecule has 2 aromatic carbocycles. The van der Waals surface area contributed by atoms with Crippen LogP contribution in [0.4, 0.5) is 4.79 Å². The smallest absolute Gasteiger partial charge is 0.407 e. The number of nitrogens with one attached hydrogen (secondary N) is 1. The van der Waals surface area contributed by atoms with Crippen molar-refractivity contribution < 1.29 is 24.2 Å². The molecule has 0 radical (unpaired) electrons. The number of carboxylic acid groups (broad SMARTS) is 1. The number of carbonyl (C=O) groups excluding carboxylic acids is 2. The quantitative estimate of drug-likeness (QED) is 0.644. The van der Waals surface area contributed by atoms with Crippen LogP contribution in [0.5, 0.6) is 0 Å². The molecule has 2 aromatic rings. The second-order valence-corrected chi connectivity index (χ2v) is 9.56. The predicted octanol–water partition coefficient (Wildman–Crippen LogP) is 4.16. The van der Waals surface area contributed by atoms with Gasteiger partial charge >= 0.3 is 12.1 Å². The number of benzene rings is 2. The fourth-order valence-electron chi connectivity index (χ4n) is 5.64. The summed E-state index contributed by atoms with van der Waals surface area (Å²) in [6, 6.07) is 15.3. The summed E-state index contributed by atoms with van der Waals surface area (Å²) in [4.78, 5) is 39.1. The van der Waals surface area contributed by atoms with Crippen LogP contribution in [0.2, 0.25) is 0 Å². The number of alkyl carbamates (subject to hydrolysis) is 1. The molecule has 0 bridgehead atoms. The van der Waals surface area contributed by atoms with Crippen molar-refractivity contribution in [2.24, 2.45) is 5.92 Å². The first kappa shape index (κ1) is 22.4. The van der Waals surface area contributed by atoms with Gasteiger partial charge in [-0.1, -0.05) is 55.0 Å². The van der Waals surface area contributed by atoms with Crippen LogP contribution in [-0.2, 0) is 14.3 Å². The van der Waals surface area contributed by atoms with Gasteiger partial charge in [0.1, 0.15) is 12.6 Å². The van der Waals surface area contributed by atoms with Crippen molar-refractivity contribution >= 4 is 18.0 Å². The Morgan fingerprint density at radius 1 is 0.971 bits per heavy atom. The number of fused-ring (bicyclic) bond motifs is 3. The molecule has 2 fully saturated rings. The lowest BCUT2D eigenvalue weighted by Gasteiger charge is -2.36. The lowest BCUT2D eigenvalue weighted by molar-refractivity contribution is -0.141. The molecule has 3 aliphatic rings. The molecule has 0 aromatic heterocycles. The largest absolute Gasteiger partial charge is 0.481 e. The van der Waals surface area contributed by atoms with E-state index in [1.165, 1.54) is 0 Å². The number of ether oxygens (including phenoxy) is 1. The van der Waals surface area contributed by atoms with Crippen LogP contribution in [0.3, 0.4) is 0 Å². The SMILES string of the molecule is O=C(O)CC1CCCN1C(=O)C(NC(=O)OCC1c2ccccc2-c2ccccc21)C1CCC1. The second kappa shape index (κ2) is 9.49. The summed E-state index contributed by atoms with van der Waals surface area (Å²) in [5, 5.41) is 12.1. The zero-order valence-corrected chi connectivity index (χ0v) is 19.1. The van der Waals surface area contributed by atoms with E-state index in [2.05, 4.69) is 29.6 Å². The van der Waals surface area contributed by atoms with Crippen LogP contribution >= 0.6 is 0 Å². The molecule has 2 unspecified atom stereocenters. The van der Waals surface area contributed by atoms with E-state index in [-0.39, 0.29) is 36.8 Å². The van der Waals surface area contributed by atoms with E-state index in [9.17, 15) is 19.5 Å². The molecule has 2 N–H and O–H groups in total. The van der Waals surface area contributed by atoms with Gasteiger partial charge in [-0.3, -0.25) is 9.59 Å². The molecule has 1 heterocycles. The van der Waals surface area contributed by atoms with Crippen molar-refractivity contribution in [1.29, 1.82) is 0 Å². The zero-order valence-electron chi connectivity index (χ0n) is 19.1. The Kier molecular flexibility index (Phi) is 6.26. The Morgan fingerprint density at radius 2 is 1.62 bits per heavy atom. The number of carboxylic acids is 1. The molecule has 7 nitrogen and oxygen atoms in total. The molecule has 34 heavy (non-hydrogen) atoms. The van der Waals surface area contributed by atoms with Crippen LogP contribution in [-0.4, -0.2) is 53.2 Å². The van der Waals surface area contributed by atoms with Crippen LogP contribution in [0, 0.1) is 5.92 Å². The Labute approximate surface area is 199 Å². The van der Waals surface area contributed by atoms with Gasteiger partial charge in [-0.25, -0.2) is 4.79 Å². The summed E-state index contributed by atoms with van der Waals surface area (Å²) in [7, 11) is 0. The number of rotatable bonds is 7. The van der Waals surface area contributed by atoms with Crippen LogP contribution in [0.15, 0.2) is 48.5 Å². The van der Waals surface area contributed by atoms with E-state index in [4.69, 9.17) is 4.74 Å². The fourth-order valence-corrected chi connectivity index (χ4v) is 5.64. The zero-order chi connectivity index (χ0) is 23.7. The first-order chi connectivity index (χ1) is 16.5. The summed E-state index contributed by atoms with van der Waals surface area (Å²) in [6.45, 7) is 0.725. The minimum absolute atomic E-state index is 0.0467. The van der Waals surface area contributed by atoms with Gasteiger partial charge in [0.2, 0.25) is 5.91 Å². The summed E-state index contributed by atoms with van der Waals surface area (Å²) < 4.78 is 5.68. The molecule has 7 heteroatoms. The van der Waals surface area contributed by atoms with Crippen molar-refractivity contribution in [2.75, 3.05) is 13.2 Å². The molecule has 1 saturated carbocycles. The molecule has 0 spiro atoms. The van der Waals surface area contributed by atoms with E-state index < -0.39 is 18.1 Å². The van der Waals surface area contributed by atoms with Crippen molar-refractivity contribution in [3.05, 3.63) is 59.7 Å². The first-order valence-corrected chi connectivity index (χ1v) is 12.2. The van der Waals surface area contributed by atoms with Crippen molar-refractivity contribution in [1.82, 2.24) is 10.2 Å². The Bertz CT molecular complexity index is 1050. The van der Waals surface area contributed by atoms with Gasteiger partial charge in [-0.2, -0.15) is 0 Å². The summed E-state index contributed by atoms with van der Waals surface area (Å²) >= 11 is 0. The number of hydrogen-bond donors (Lipinski definition) is 2. The van der Waals surface area contributed by atoms with Gasteiger partial charge in [0.15, 0.2) is 0 Å². The lowest BCUT2D eigenvalue weighted by Crippen LogP contribution is -2.55. The number of carbonyl (C=O) groups is 3. The van der Waals surface area contributed by atoms with Crippen molar-refractivity contribution in [2.45, 2.75) is 56.5 Å². The number of hydrogen-bond acceptors (Lipinski definition) is 4. The van der Waals surface area contributed by atoms with Gasteiger partial charge in [-0.15, -0.1) is 0 Å². The molecule has 2 atom stereocenters. The normalized spacial score (nSPS) is 20.2. The van der Waals surface area contributed by atoms with Crippen LogP contribution < -0.4 is 5.32 Å². The lowest BCUT2D eigenvalue weighted by atomic mass is 9.79. The molecule has 2 aliphatic carbocycles. The van der Waals surface area contributed by atoms with E-state index in [0.717, 1.165) is 47.9 Å². The van der Waals surface area contributed by atoms with Gasteiger partial charge in [0.25, 0.3) is 0 Å². The third-order valence-corrected chi connectivity index (χ3v) is 7.57. The standard InChI is InChI=1S/C27H30N2O5/c30-24(31)15-18-9-6-14-29(18)26(32)25(17-7-5-8-17)28-27(33)34-16-23-21-12-3-1-10-19(21)20-11-2-4-13-22(20)23/h1-4,10-13,17-18,23,25H,5-9,14-16H2,(H,28,33)(H,30,31). The predicted molar refractivity (Wildman–Crippen MR) is 126 cm³/mol. The van der Waals surface area contributed by atoms with Gasteiger partial charge in [0, 0.05) is 18.5 Å². The molecule has 5 rings (SSSR count). The third kappa shape index (κ3) is 4.27. The van der Waals surface area contributed by atoms with Crippen molar-refractivity contribution in [3.8, 4) is 11.1 Å². The Hall–Kier alpha value is -3.35. The molecule has 1 aliphatic heterocycles. The summed E-state index contributed by atoms with van der Waals surface area (Å²) in [5.41, 5.74) is 4.59. The molecular weight excluding hydrogens is 432 g/mol. The third-order valence-electron chi connectivity index (χ3n) is 7.57. The van der Waals surface area contributed by atoms with Gasteiger partial charge in [-0.05, 0) is 53.9 Å². The number of aliphatic carboxylic acids is 1. The highest BCUT2D eigenvalue weighted by atomic mass is 16.5. The van der Waals surface area contributed by atoms with Gasteiger partial charge in [0.05, 0.1) is 6.42 Å². The number of likely N-dealkylation sites (tertiary alicyclic amines) is 1. The Morgan fingerprint density at radius 3 is 2.21 bits per heavy atom. The first-order valence-electron chi connectivity index (χ1n) is 12.2. The van der Waals surface area contributed by atoms with E-state index in [1.54, 1.807) is 4.90 Å². The molecular formula is C27H30N2O5. The Balaban J connectivity index is 1.26. The highest BCUT2D eigenvalue weighted by molar-refractivity contribution is 5.87. The average Bonchev–Trinajstić information content (AvgIpc) is 3.37. The molecule has 1 saturated heterocycles. The van der Waals surface area contributed by atoms with Crippen LogP contribution in [0.25, 0.3) is 11.1 Å². The second-order valence-electron chi connectivity index (χ2n) is 9.56. The van der Waals surface area contributed by atoms with Gasteiger partial charge < -0.3 is 20.1 Å². The van der Waals surface area contributed by atoms with E-state index >= 15 is 0 Å². The van der Waals surface area contributed by atoms with E-state index in [0.29, 0.717) is 13.0 Å². The highest BCUT2D eigenvalue weighted by Crippen LogP contribution is 2.44. The summed E-state index contributed by atoms with van der Waals surface area (Å²) in [5.74, 6) is -1.06. The maximum absolute atomic E-state index is 13.4. The number of nitrogens with zero attached hydrogens (tertiary/aromatic N) is 1. The molecule has 2 amide bonds. The monoisotopic (exact) mass is 462 g/mol. The summed E-state index contributed by atoms with van der Waals surface area (Å²) in [6.07, 6.45) is 3.58. The fraction of sp³-hybridized carbons (Fsp3) is 0.444. The maximum Gasteiger partial charge on any atom is 0.407 e.